The highest BCUT2D eigenvalue weighted by atomic mass is 16.4. The fourth-order valence-electron chi connectivity index (χ4n) is 3.01. The standard InChI is InChI=1S/C17H24N4O4/c1-8(2)6-12(17(24)25)19-13(22)7-11-9(3)14-15(18-10(11)4)21(5)20-16(14)23/h8,12H,6-7H2,1-5H3,(H,19,22)(H,20,23)(H,24,25). The molecule has 8 heteroatoms. The van der Waals surface area contributed by atoms with Crippen LogP contribution in [0.1, 0.15) is 37.1 Å². The summed E-state index contributed by atoms with van der Waals surface area (Å²) in [5.41, 5.74) is 2.26. The first-order valence-corrected chi connectivity index (χ1v) is 8.18. The summed E-state index contributed by atoms with van der Waals surface area (Å²) in [6, 6.07) is -0.926. The van der Waals surface area contributed by atoms with Gasteiger partial charge in [-0.3, -0.25) is 19.4 Å². The number of hydrogen-bond acceptors (Lipinski definition) is 4. The van der Waals surface area contributed by atoms with Crippen LogP contribution in [0.2, 0.25) is 0 Å². The number of pyridine rings is 1. The summed E-state index contributed by atoms with van der Waals surface area (Å²) in [5.74, 6) is -1.30. The number of nitrogens with zero attached hydrogens (tertiary/aromatic N) is 2. The van der Waals surface area contributed by atoms with Gasteiger partial charge in [-0.15, -0.1) is 0 Å². The molecule has 3 N–H and O–H groups in total. The number of carboxylic acids is 1. The highest BCUT2D eigenvalue weighted by Crippen LogP contribution is 2.20. The molecule has 0 spiro atoms. The van der Waals surface area contributed by atoms with Gasteiger partial charge in [-0.1, -0.05) is 13.8 Å². The Labute approximate surface area is 145 Å². The minimum absolute atomic E-state index is 0.0170. The van der Waals surface area contributed by atoms with Gasteiger partial charge in [0.2, 0.25) is 5.91 Å². The Hall–Kier alpha value is -2.64. The molecule has 2 rings (SSSR count). The van der Waals surface area contributed by atoms with E-state index in [2.05, 4.69) is 15.4 Å². The third-order valence-corrected chi connectivity index (χ3v) is 4.25. The number of H-pyrrole nitrogens is 1. The summed E-state index contributed by atoms with van der Waals surface area (Å²) in [6.07, 6.45) is 0.339. The molecule has 1 atom stereocenters. The zero-order chi connectivity index (χ0) is 18.9. The molecule has 0 aromatic carbocycles. The predicted octanol–water partition coefficient (Wildman–Crippen LogP) is 1.04. The van der Waals surface area contributed by atoms with E-state index in [4.69, 9.17) is 0 Å². The van der Waals surface area contributed by atoms with Gasteiger partial charge in [-0.25, -0.2) is 9.78 Å². The smallest absolute Gasteiger partial charge is 0.326 e. The summed E-state index contributed by atoms with van der Waals surface area (Å²) in [4.78, 5) is 40.1. The average Bonchev–Trinajstić information content (AvgIpc) is 2.76. The molecule has 2 aromatic rings. The Morgan fingerprint density at radius 3 is 2.52 bits per heavy atom. The van der Waals surface area contributed by atoms with E-state index in [-0.39, 0.29) is 17.9 Å². The zero-order valence-corrected chi connectivity index (χ0v) is 15.1. The van der Waals surface area contributed by atoms with E-state index in [9.17, 15) is 19.5 Å². The summed E-state index contributed by atoms with van der Waals surface area (Å²) >= 11 is 0. The van der Waals surface area contributed by atoms with E-state index in [1.807, 2.05) is 13.8 Å². The molecule has 0 aliphatic heterocycles. The van der Waals surface area contributed by atoms with Crippen LogP contribution in [0, 0.1) is 19.8 Å². The zero-order valence-electron chi connectivity index (χ0n) is 15.1. The predicted molar refractivity (Wildman–Crippen MR) is 93.5 cm³/mol. The Morgan fingerprint density at radius 1 is 1.32 bits per heavy atom. The maximum Gasteiger partial charge on any atom is 0.326 e. The summed E-state index contributed by atoms with van der Waals surface area (Å²) in [5, 5.41) is 14.9. The van der Waals surface area contributed by atoms with Gasteiger partial charge in [0, 0.05) is 12.7 Å². The van der Waals surface area contributed by atoms with Gasteiger partial charge in [0.15, 0.2) is 5.65 Å². The fourth-order valence-corrected chi connectivity index (χ4v) is 3.01. The van der Waals surface area contributed by atoms with Crippen LogP contribution in [-0.2, 0) is 23.1 Å². The first kappa shape index (κ1) is 18.7. The topological polar surface area (TPSA) is 117 Å². The number of aromatic amines is 1. The van der Waals surface area contributed by atoms with Crippen molar-refractivity contribution in [3.63, 3.8) is 0 Å². The van der Waals surface area contributed by atoms with Gasteiger partial charge in [-0.2, -0.15) is 0 Å². The summed E-state index contributed by atoms with van der Waals surface area (Å²) in [6.45, 7) is 7.35. The van der Waals surface area contributed by atoms with Crippen molar-refractivity contribution in [2.45, 2.75) is 46.6 Å². The van der Waals surface area contributed by atoms with E-state index in [0.717, 1.165) is 0 Å². The van der Waals surface area contributed by atoms with Crippen molar-refractivity contribution in [2.24, 2.45) is 13.0 Å². The Kier molecular flexibility index (Phi) is 5.30. The van der Waals surface area contributed by atoms with Crippen molar-refractivity contribution in [1.29, 1.82) is 0 Å². The largest absolute Gasteiger partial charge is 0.480 e. The third kappa shape index (κ3) is 3.89. The SMILES string of the molecule is Cc1nc2c(c(C)c1CC(=O)NC(CC(C)C)C(=O)O)c(=O)[nH]n2C. The van der Waals surface area contributed by atoms with Gasteiger partial charge in [0.05, 0.1) is 11.8 Å². The second-order valence-corrected chi connectivity index (χ2v) is 6.76. The molecule has 0 bridgehead atoms. The number of aromatic nitrogens is 3. The van der Waals surface area contributed by atoms with Crippen LogP contribution < -0.4 is 10.9 Å². The first-order valence-electron chi connectivity index (χ1n) is 8.18. The molecule has 8 nitrogen and oxygen atoms in total. The molecule has 2 heterocycles. The molecule has 0 fully saturated rings. The normalized spacial score (nSPS) is 12.6. The second-order valence-electron chi connectivity index (χ2n) is 6.76. The number of amides is 1. The minimum atomic E-state index is -1.05. The van der Waals surface area contributed by atoms with Gasteiger partial charge in [-0.05, 0) is 37.3 Å². The Bertz CT molecular complexity index is 879. The molecule has 0 saturated carbocycles. The molecule has 136 valence electrons. The number of aliphatic carboxylic acids is 1. The van der Waals surface area contributed by atoms with E-state index >= 15 is 0 Å². The lowest BCUT2D eigenvalue weighted by Crippen LogP contribution is -2.42. The van der Waals surface area contributed by atoms with Crippen molar-refractivity contribution in [2.75, 3.05) is 0 Å². The highest BCUT2D eigenvalue weighted by Gasteiger charge is 2.23. The lowest BCUT2D eigenvalue weighted by molar-refractivity contribution is -0.142. The van der Waals surface area contributed by atoms with E-state index in [0.29, 0.717) is 34.3 Å². The molecule has 0 aliphatic rings. The third-order valence-electron chi connectivity index (χ3n) is 4.25. The van der Waals surface area contributed by atoms with Gasteiger partial charge in [0.25, 0.3) is 5.56 Å². The van der Waals surface area contributed by atoms with E-state index < -0.39 is 17.9 Å². The average molecular weight is 348 g/mol. The van der Waals surface area contributed by atoms with Gasteiger partial charge < -0.3 is 10.4 Å². The molecular formula is C17H24N4O4. The van der Waals surface area contributed by atoms with Crippen LogP contribution in [0.5, 0.6) is 0 Å². The van der Waals surface area contributed by atoms with Crippen molar-refractivity contribution in [1.82, 2.24) is 20.1 Å². The number of carbonyl (C=O) groups is 2. The number of aryl methyl sites for hydroxylation is 3. The van der Waals surface area contributed by atoms with Crippen LogP contribution in [0.15, 0.2) is 4.79 Å². The van der Waals surface area contributed by atoms with Crippen LogP contribution in [0.4, 0.5) is 0 Å². The molecule has 0 radical (unpaired) electrons. The van der Waals surface area contributed by atoms with Crippen molar-refractivity contribution < 1.29 is 14.7 Å². The number of rotatable bonds is 6. The summed E-state index contributed by atoms with van der Waals surface area (Å²) in [7, 11) is 1.70. The molecule has 0 saturated heterocycles. The van der Waals surface area contributed by atoms with Crippen molar-refractivity contribution in [3.05, 3.63) is 27.2 Å². The fraction of sp³-hybridized carbons (Fsp3) is 0.529. The van der Waals surface area contributed by atoms with E-state index in [1.165, 1.54) is 0 Å². The number of hydrogen-bond donors (Lipinski definition) is 3. The van der Waals surface area contributed by atoms with Crippen LogP contribution in [0.25, 0.3) is 11.0 Å². The Balaban J connectivity index is 2.30. The number of nitrogens with one attached hydrogen (secondary N) is 2. The first-order chi connectivity index (χ1) is 11.6. The number of carbonyl (C=O) groups excluding carboxylic acids is 1. The van der Waals surface area contributed by atoms with Crippen LogP contribution in [-0.4, -0.2) is 37.8 Å². The maximum absolute atomic E-state index is 12.3. The monoisotopic (exact) mass is 348 g/mol. The molecule has 1 unspecified atom stereocenters. The minimum Gasteiger partial charge on any atom is -0.480 e. The number of carboxylic acid groups (broad SMARTS) is 1. The molecular weight excluding hydrogens is 324 g/mol. The quantitative estimate of drug-likeness (QED) is 0.721. The Morgan fingerprint density at radius 2 is 1.96 bits per heavy atom. The van der Waals surface area contributed by atoms with Crippen LogP contribution in [0.3, 0.4) is 0 Å². The molecule has 2 aromatic heterocycles. The highest BCUT2D eigenvalue weighted by molar-refractivity contribution is 5.87. The van der Waals surface area contributed by atoms with Crippen molar-refractivity contribution >= 4 is 22.9 Å². The maximum atomic E-state index is 12.3. The van der Waals surface area contributed by atoms with Crippen LogP contribution >= 0.6 is 0 Å². The molecule has 0 aliphatic carbocycles. The lowest BCUT2D eigenvalue weighted by atomic mass is 10.0. The second kappa shape index (κ2) is 7.08. The molecule has 25 heavy (non-hydrogen) atoms. The van der Waals surface area contributed by atoms with E-state index in [1.54, 1.807) is 25.6 Å². The van der Waals surface area contributed by atoms with Gasteiger partial charge >= 0.3 is 5.97 Å². The molecule has 1 amide bonds. The van der Waals surface area contributed by atoms with Gasteiger partial charge in [0.1, 0.15) is 6.04 Å². The number of fused-ring (bicyclic) bond motifs is 1. The summed E-state index contributed by atoms with van der Waals surface area (Å²) < 4.78 is 1.55. The lowest BCUT2D eigenvalue weighted by Gasteiger charge is -2.17. The van der Waals surface area contributed by atoms with Crippen molar-refractivity contribution in [3.8, 4) is 0 Å².